The number of rotatable bonds is 3. The fourth-order valence-corrected chi connectivity index (χ4v) is 2.31. The summed E-state index contributed by atoms with van der Waals surface area (Å²) in [5.74, 6) is -0.248. The quantitative estimate of drug-likeness (QED) is 0.868. The van der Waals surface area contributed by atoms with E-state index in [4.69, 9.17) is 0 Å². The molecular weight excluding hydrogens is 284 g/mol. The normalized spacial score (nSPS) is 19.9. The van der Waals surface area contributed by atoms with Crippen molar-refractivity contribution < 1.29 is 9.59 Å². The molecule has 1 atom stereocenters. The predicted octanol–water partition coefficient (Wildman–Crippen LogP) is 2.01. The molecule has 1 heterocycles. The van der Waals surface area contributed by atoms with Crippen LogP contribution in [-0.2, 0) is 9.59 Å². The SMILES string of the molecule is CCN1C(=O)CC(Nc2cccc(Br)c2)C1=O. The molecule has 0 radical (unpaired) electrons. The molecule has 2 amide bonds. The molecule has 1 aromatic carbocycles. The van der Waals surface area contributed by atoms with Crippen molar-refractivity contribution in [2.75, 3.05) is 11.9 Å². The van der Waals surface area contributed by atoms with Crippen LogP contribution in [0, 0.1) is 0 Å². The minimum atomic E-state index is -0.434. The Labute approximate surface area is 108 Å². The summed E-state index contributed by atoms with van der Waals surface area (Å²) in [4.78, 5) is 24.7. The average molecular weight is 297 g/mol. The van der Waals surface area contributed by atoms with E-state index in [-0.39, 0.29) is 18.2 Å². The van der Waals surface area contributed by atoms with Gasteiger partial charge in [-0.25, -0.2) is 0 Å². The van der Waals surface area contributed by atoms with Gasteiger partial charge in [0.05, 0.1) is 6.42 Å². The first kappa shape index (κ1) is 12.1. The van der Waals surface area contributed by atoms with E-state index in [1.165, 1.54) is 4.90 Å². The maximum atomic E-state index is 11.9. The number of anilines is 1. The van der Waals surface area contributed by atoms with Gasteiger partial charge in [0, 0.05) is 16.7 Å². The molecule has 1 unspecified atom stereocenters. The standard InChI is InChI=1S/C12H13BrN2O2/c1-2-15-11(16)7-10(12(15)17)14-9-5-3-4-8(13)6-9/h3-6,10,14H,2,7H2,1H3. The molecule has 0 aromatic heterocycles. The lowest BCUT2D eigenvalue weighted by Crippen LogP contribution is -2.34. The molecule has 5 heteroatoms. The maximum absolute atomic E-state index is 11.9. The third kappa shape index (κ3) is 2.49. The molecule has 0 saturated carbocycles. The summed E-state index contributed by atoms with van der Waals surface area (Å²) in [5.41, 5.74) is 0.837. The Morgan fingerprint density at radius 1 is 1.47 bits per heavy atom. The van der Waals surface area contributed by atoms with Crippen LogP contribution >= 0.6 is 15.9 Å². The Kier molecular flexibility index (Phi) is 3.47. The van der Waals surface area contributed by atoms with Gasteiger partial charge in [-0.15, -0.1) is 0 Å². The number of carbonyl (C=O) groups excluding carboxylic acids is 2. The fraction of sp³-hybridized carbons (Fsp3) is 0.333. The zero-order valence-electron chi connectivity index (χ0n) is 9.44. The summed E-state index contributed by atoms with van der Waals surface area (Å²) in [5, 5.41) is 3.08. The van der Waals surface area contributed by atoms with Crippen molar-refractivity contribution in [1.29, 1.82) is 0 Å². The van der Waals surface area contributed by atoms with Crippen molar-refractivity contribution >= 4 is 33.4 Å². The zero-order chi connectivity index (χ0) is 12.4. The Morgan fingerprint density at radius 3 is 2.82 bits per heavy atom. The molecule has 1 aliphatic rings. The summed E-state index contributed by atoms with van der Waals surface area (Å²) in [6, 6.07) is 7.11. The van der Waals surface area contributed by atoms with Crippen molar-refractivity contribution in [3.05, 3.63) is 28.7 Å². The number of amides is 2. The van der Waals surface area contributed by atoms with Gasteiger partial charge in [-0.2, -0.15) is 0 Å². The number of carbonyl (C=O) groups is 2. The molecule has 1 saturated heterocycles. The first-order chi connectivity index (χ1) is 8.11. The van der Waals surface area contributed by atoms with E-state index in [0.717, 1.165) is 10.2 Å². The number of halogens is 1. The molecule has 1 N–H and O–H groups in total. The van der Waals surface area contributed by atoms with Crippen molar-refractivity contribution in [3.8, 4) is 0 Å². The number of nitrogens with zero attached hydrogens (tertiary/aromatic N) is 1. The van der Waals surface area contributed by atoms with E-state index in [0.29, 0.717) is 6.54 Å². The lowest BCUT2D eigenvalue weighted by atomic mass is 10.2. The fourth-order valence-electron chi connectivity index (χ4n) is 1.91. The van der Waals surface area contributed by atoms with Crippen LogP contribution in [0.5, 0.6) is 0 Å². The molecule has 1 aliphatic heterocycles. The summed E-state index contributed by atoms with van der Waals surface area (Å²) in [6.45, 7) is 2.24. The predicted molar refractivity (Wildman–Crippen MR) is 68.6 cm³/mol. The van der Waals surface area contributed by atoms with E-state index < -0.39 is 6.04 Å². The van der Waals surface area contributed by atoms with Gasteiger partial charge in [0.1, 0.15) is 6.04 Å². The smallest absolute Gasteiger partial charge is 0.252 e. The average Bonchev–Trinajstić information content (AvgIpc) is 2.54. The molecule has 0 aliphatic carbocycles. The lowest BCUT2D eigenvalue weighted by Gasteiger charge is -2.14. The van der Waals surface area contributed by atoms with Gasteiger partial charge < -0.3 is 5.32 Å². The number of hydrogen-bond acceptors (Lipinski definition) is 3. The van der Waals surface area contributed by atoms with Gasteiger partial charge in [-0.1, -0.05) is 22.0 Å². The van der Waals surface area contributed by atoms with Crippen LogP contribution in [0.3, 0.4) is 0 Å². The number of benzene rings is 1. The molecule has 4 nitrogen and oxygen atoms in total. The van der Waals surface area contributed by atoms with Crippen LogP contribution in [0.4, 0.5) is 5.69 Å². The first-order valence-electron chi connectivity index (χ1n) is 5.48. The Morgan fingerprint density at radius 2 is 2.24 bits per heavy atom. The maximum Gasteiger partial charge on any atom is 0.252 e. The van der Waals surface area contributed by atoms with Crippen LogP contribution in [0.2, 0.25) is 0 Å². The largest absolute Gasteiger partial charge is 0.373 e. The number of hydrogen-bond donors (Lipinski definition) is 1. The summed E-state index contributed by atoms with van der Waals surface area (Å²) in [7, 11) is 0. The van der Waals surface area contributed by atoms with E-state index in [9.17, 15) is 9.59 Å². The van der Waals surface area contributed by atoms with Gasteiger partial charge >= 0.3 is 0 Å². The number of nitrogens with one attached hydrogen (secondary N) is 1. The minimum Gasteiger partial charge on any atom is -0.373 e. The molecule has 17 heavy (non-hydrogen) atoms. The molecular formula is C12H13BrN2O2. The summed E-state index contributed by atoms with van der Waals surface area (Å²) >= 11 is 3.36. The number of likely N-dealkylation sites (N-methyl/N-ethyl adjacent to an activating group) is 1. The monoisotopic (exact) mass is 296 g/mol. The third-order valence-electron chi connectivity index (χ3n) is 2.73. The van der Waals surface area contributed by atoms with E-state index in [1.54, 1.807) is 6.92 Å². The highest BCUT2D eigenvalue weighted by Crippen LogP contribution is 2.20. The third-order valence-corrected chi connectivity index (χ3v) is 3.22. The molecule has 90 valence electrons. The highest BCUT2D eigenvalue weighted by atomic mass is 79.9. The van der Waals surface area contributed by atoms with Crippen molar-refractivity contribution in [2.24, 2.45) is 0 Å². The highest BCUT2D eigenvalue weighted by molar-refractivity contribution is 9.10. The first-order valence-corrected chi connectivity index (χ1v) is 6.27. The molecule has 2 rings (SSSR count). The second-order valence-electron chi connectivity index (χ2n) is 3.89. The Balaban J connectivity index is 2.11. The van der Waals surface area contributed by atoms with E-state index >= 15 is 0 Å². The van der Waals surface area contributed by atoms with Crippen molar-refractivity contribution in [2.45, 2.75) is 19.4 Å². The minimum absolute atomic E-state index is 0.106. The zero-order valence-corrected chi connectivity index (χ0v) is 11.0. The highest BCUT2D eigenvalue weighted by Gasteiger charge is 2.37. The van der Waals surface area contributed by atoms with Crippen LogP contribution in [0.15, 0.2) is 28.7 Å². The topological polar surface area (TPSA) is 49.4 Å². The van der Waals surface area contributed by atoms with Crippen LogP contribution in [-0.4, -0.2) is 29.3 Å². The second-order valence-corrected chi connectivity index (χ2v) is 4.80. The van der Waals surface area contributed by atoms with Gasteiger partial charge in [-0.3, -0.25) is 14.5 Å². The van der Waals surface area contributed by atoms with Gasteiger partial charge in [0.2, 0.25) is 5.91 Å². The molecule has 1 fully saturated rings. The number of likely N-dealkylation sites (tertiary alicyclic amines) is 1. The number of imide groups is 1. The molecule has 0 spiro atoms. The van der Waals surface area contributed by atoms with Crippen molar-refractivity contribution in [1.82, 2.24) is 4.90 Å². The summed E-state index contributed by atoms with van der Waals surface area (Å²) in [6.07, 6.45) is 0.235. The lowest BCUT2D eigenvalue weighted by molar-refractivity contribution is -0.138. The second kappa shape index (κ2) is 4.87. The van der Waals surface area contributed by atoms with Gasteiger partial charge in [-0.05, 0) is 25.1 Å². The van der Waals surface area contributed by atoms with E-state index in [1.807, 2.05) is 24.3 Å². The van der Waals surface area contributed by atoms with Crippen molar-refractivity contribution in [3.63, 3.8) is 0 Å². The molecule has 0 bridgehead atoms. The molecule has 1 aromatic rings. The van der Waals surface area contributed by atoms with Gasteiger partial charge in [0.15, 0.2) is 0 Å². The van der Waals surface area contributed by atoms with Gasteiger partial charge in [0.25, 0.3) is 5.91 Å². The van der Waals surface area contributed by atoms with Crippen LogP contribution < -0.4 is 5.32 Å². The van der Waals surface area contributed by atoms with Crippen LogP contribution in [0.1, 0.15) is 13.3 Å². The Hall–Kier alpha value is -1.36. The van der Waals surface area contributed by atoms with Crippen LogP contribution in [0.25, 0.3) is 0 Å². The van der Waals surface area contributed by atoms with E-state index in [2.05, 4.69) is 21.2 Å². The summed E-state index contributed by atoms with van der Waals surface area (Å²) < 4.78 is 0.937. The Bertz CT molecular complexity index is 462.